The summed E-state index contributed by atoms with van der Waals surface area (Å²) in [4.78, 5) is 62.7. The number of carboxylic acid groups (broad SMARTS) is 1. The molecule has 1 atom stereocenters. The van der Waals surface area contributed by atoms with Crippen LogP contribution in [0.5, 0.6) is 0 Å². The second-order valence-corrected chi connectivity index (χ2v) is 8.04. The Labute approximate surface area is 193 Å². The number of carbonyl (C=O) groups excluding carboxylic acids is 4. The van der Waals surface area contributed by atoms with Gasteiger partial charge in [-0.15, -0.1) is 12.4 Å². The molecule has 12 heteroatoms. The molecule has 1 aliphatic heterocycles. The summed E-state index contributed by atoms with van der Waals surface area (Å²) in [7, 11) is 1.25. The van der Waals surface area contributed by atoms with Crippen LogP contribution in [0, 0.1) is 11.8 Å². The third kappa shape index (κ3) is 7.63. The van der Waals surface area contributed by atoms with Crippen molar-refractivity contribution in [2.75, 3.05) is 39.8 Å². The van der Waals surface area contributed by atoms with Gasteiger partial charge in [-0.2, -0.15) is 0 Å². The van der Waals surface area contributed by atoms with Gasteiger partial charge >= 0.3 is 11.9 Å². The third-order valence-corrected chi connectivity index (χ3v) is 6.01. The average Bonchev–Trinajstić information content (AvgIpc) is 2.77. The Balaban J connectivity index is 0.00000512. The van der Waals surface area contributed by atoms with E-state index in [0.29, 0.717) is 19.4 Å². The number of methoxy groups -OCH3 is 1. The Hall–Kier alpha value is -2.40. The number of esters is 1. The molecule has 2 fully saturated rings. The molecule has 1 heterocycles. The first-order valence-electron chi connectivity index (χ1n) is 10.6. The summed E-state index contributed by atoms with van der Waals surface area (Å²) in [6.07, 6.45) is 2.91. The minimum Gasteiger partial charge on any atom is -0.480 e. The summed E-state index contributed by atoms with van der Waals surface area (Å²) in [5, 5.41) is 11.8. The van der Waals surface area contributed by atoms with Crippen LogP contribution in [0.3, 0.4) is 0 Å². The molecule has 0 radical (unpaired) electrons. The van der Waals surface area contributed by atoms with Crippen molar-refractivity contribution in [2.24, 2.45) is 17.6 Å². The molecule has 32 heavy (non-hydrogen) atoms. The Kier molecular flexibility index (Phi) is 11.4. The molecular formula is C20H33ClN4O7. The molecule has 0 bridgehead atoms. The molecule has 0 aromatic carbocycles. The fourth-order valence-electron chi connectivity index (χ4n) is 4.24. The van der Waals surface area contributed by atoms with E-state index in [9.17, 15) is 24.0 Å². The van der Waals surface area contributed by atoms with E-state index in [4.69, 9.17) is 10.8 Å². The molecule has 0 aromatic heterocycles. The number of amides is 3. The van der Waals surface area contributed by atoms with Crippen molar-refractivity contribution in [3.05, 3.63) is 0 Å². The van der Waals surface area contributed by atoms with Gasteiger partial charge in [-0.05, 0) is 38.0 Å². The van der Waals surface area contributed by atoms with Gasteiger partial charge in [0, 0.05) is 32.0 Å². The van der Waals surface area contributed by atoms with Crippen molar-refractivity contribution < 1.29 is 33.8 Å². The number of carbonyl (C=O) groups is 5. The molecule has 0 aromatic rings. The fourth-order valence-corrected chi connectivity index (χ4v) is 4.24. The van der Waals surface area contributed by atoms with E-state index in [0.717, 1.165) is 12.8 Å². The summed E-state index contributed by atoms with van der Waals surface area (Å²) in [6, 6.07) is -0.874. The largest absolute Gasteiger partial charge is 0.480 e. The van der Waals surface area contributed by atoms with Gasteiger partial charge in [-0.1, -0.05) is 0 Å². The first-order chi connectivity index (χ1) is 14.8. The highest BCUT2D eigenvalue weighted by Gasteiger charge is 2.40. The molecule has 1 saturated heterocycles. The van der Waals surface area contributed by atoms with Gasteiger partial charge in [-0.3, -0.25) is 24.0 Å². The number of nitrogens with zero attached hydrogens (tertiary/aromatic N) is 2. The van der Waals surface area contributed by atoms with Crippen LogP contribution in [0.2, 0.25) is 0 Å². The number of piperazine rings is 1. The summed E-state index contributed by atoms with van der Waals surface area (Å²) in [5.74, 6) is -2.36. The highest BCUT2D eigenvalue weighted by molar-refractivity contribution is 5.91. The zero-order valence-corrected chi connectivity index (χ0v) is 19.1. The summed E-state index contributed by atoms with van der Waals surface area (Å²) in [6.45, 7) is 0.422. The van der Waals surface area contributed by atoms with Gasteiger partial charge in [0.05, 0.1) is 13.7 Å². The summed E-state index contributed by atoms with van der Waals surface area (Å²) in [5.41, 5.74) is 5.29. The Bertz CT molecular complexity index is 697. The molecule has 3 amide bonds. The predicted molar refractivity (Wildman–Crippen MR) is 116 cm³/mol. The zero-order chi connectivity index (χ0) is 23.0. The normalized spacial score (nSPS) is 23.2. The number of ether oxygens (including phenoxy) is 1. The first kappa shape index (κ1) is 27.6. The molecular weight excluding hydrogens is 444 g/mol. The lowest BCUT2D eigenvalue weighted by Gasteiger charge is -2.42. The highest BCUT2D eigenvalue weighted by atomic mass is 35.5. The van der Waals surface area contributed by atoms with E-state index in [1.165, 1.54) is 16.9 Å². The maximum atomic E-state index is 13.2. The van der Waals surface area contributed by atoms with Gasteiger partial charge < -0.3 is 30.7 Å². The number of aliphatic carboxylic acids is 1. The lowest BCUT2D eigenvalue weighted by molar-refractivity contribution is -0.158. The molecule has 0 spiro atoms. The Morgan fingerprint density at radius 1 is 1.16 bits per heavy atom. The predicted octanol–water partition coefficient (Wildman–Crippen LogP) is -0.633. The van der Waals surface area contributed by atoms with Crippen LogP contribution in [0.15, 0.2) is 0 Å². The maximum absolute atomic E-state index is 13.2. The van der Waals surface area contributed by atoms with E-state index in [2.05, 4.69) is 10.1 Å². The average molecular weight is 477 g/mol. The molecule has 2 rings (SSSR count). The van der Waals surface area contributed by atoms with Crippen molar-refractivity contribution in [1.29, 1.82) is 0 Å². The second-order valence-electron chi connectivity index (χ2n) is 8.04. The van der Waals surface area contributed by atoms with Gasteiger partial charge in [0.15, 0.2) is 0 Å². The van der Waals surface area contributed by atoms with E-state index >= 15 is 0 Å². The van der Waals surface area contributed by atoms with Crippen molar-refractivity contribution in [3.8, 4) is 0 Å². The molecule has 1 saturated carbocycles. The van der Waals surface area contributed by atoms with Crippen LogP contribution in [-0.4, -0.2) is 90.4 Å². The molecule has 4 N–H and O–H groups in total. The third-order valence-electron chi connectivity index (χ3n) is 6.01. The quantitative estimate of drug-likeness (QED) is 0.371. The summed E-state index contributed by atoms with van der Waals surface area (Å²) >= 11 is 0. The van der Waals surface area contributed by atoms with Crippen LogP contribution in [0.25, 0.3) is 0 Å². The Morgan fingerprint density at radius 2 is 1.81 bits per heavy atom. The van der Waals surface area contributed by atoms with Gasteiger partial charge in [0.2, 0.25) is 17.7 Å². The maximum Gasteiger partial charge on any atom is 0.323 e. The van der Waals surface area contributed by atoms with Crippen molar-refractivity contribution in [1.82, 2.24) is 15.1 Å². The topological polar surface area (TPSA) is 159 Å². The van der Waals surface area contributed by atoms with Gasteiger partial charge in [0.1, 0.15) is 12.6 Å². The molecule has 0 unspecified atom stereocenters. The number of carboxylic acids is 1. The zero-order valence-electron chi connectivity index (χ0n) is 18.3. The van der Waals surface area contributed by atoms with Gasteiger partial charge in [-0.25, -0.2) is 0 Å². The molecule has 11 nitrogen and oxygen atoms in total. The van der Waals surface area contributed by atoms with E-state index in [1.54, 1.807) is 0 Å². The van der Waals surface area contributed by atoms with Crippen LogP contribution >= 0.6 is 12.4 Å². The highest BCUT2D eigenvalue weighted by Crippen LogP contribution is 2.31. The minimum absolute atomic E-state index is 0. The lowest BCUT2D eigenvalue weighted by Crippen LogP contribution is -2.60. The smallest absolute Gasteiger partial charge is 0.323 e. The van der Waals surface area contributed by atoms with E-state index in [1.807, 2.05) is 0 Å². The van der Waals surface area contributed by atoms with Crippen LogP contribution in [-0.2, 0) is 28.7 Å². The first-order valence-corrected chi connectivity index (χ1v) is 10.6. The number of hydrogen-bond donors (Lipinski definition) is 3. The van der Waals surface area contributed by atoms with Crippen LogP contribution < -0.4 is 11.1 Å². The fraction of sp³-hybridized carbons (Fsp3) is 0.750. The van der Waals surface area contributed by atoms with Crippen molar-refractivity contribution in [3.63, 3.8) is 0 Å². The van der Waals surface area contributed by atoms with Crippen molar-refractivity contribution in [2.45, 2.75) is 44.6 Å². The number of halogens is 1. The van der Waals surface area contributed by atoms with Crippen molar-refractivity contribution >= 4 is 42.1 Å². The lowest BCUT2D eigenvalue weighted by atomic mass is 9.81. The summed E-state index contributed by atoms with van der Waals surface area (Å²) < 4.78 is 4.64. The van der Waals surface area contributed by atoms with Crippen LogP contribution in [0.1, 0.15) is 38.5 Å². The Morgan fingerprint density at radius 3 is 2.38 bits per heavy atom. The standard InChI is InChI=1S/C20H32N4O7.ClH/c1-31-18(28)7-6-15-20(30)23(12-17(26)27)8-9-24(15)19(29)14-4-2-13(3-5-14)11-22-16(25)10-21;/h13-15H,2-12,21H2,1H3,(H,22,25)(H,26,27);1H/t13-,14-,15-;/m0./s1. The van der Waals surface area contributed by atoms with E-state index in [-0.39, 0.29) is 68.5 Å². The molecule has 2 aliphatic rings. The van der Waals surface area contributed by atoms with Gasteiger partial charge in [0.25, 0.3) is 0 Å². The van der Waals surface area contributed by atoms with E-state index < -0.39 is 30.4 Å². The minimum atomic E-state index is -1.13. The monoisotopic (exact) mass is 476 g/mol. The number of rotatable bonds is 9. The second kappa shape index (κ2) is 13.2. The molecule has 182 valence electrons. The number of hydrogen-bond acceptors (Lipinski definition) is 7. The molecule has 1 aliphatic carbocycles. The number of nitrogens with two attached hydrogens (primary N) is 1. The SMILES string of the molecule is COC(=O)CC[C@H]1C(=O)N(CC(=O)O)CCN1C(=O)[C@H]1CC[C@H](CNC(=O)CN)CC1.Cl. The van der Waals surface area contributed by atoms with Crippen LogP contribution in [0.4, 0.5) is 0 Å². The number of nitrogens with one attached hydrogen (secondary N) is 1.